The van der Waals surface area contributed by atoms with Crippen LogP contribution < -0.4 is 10.6 Å². The van der Waals surface area contributed by atoms with E-state index in [1.54, 1.807) is 12.1 Å². The number of benzene rings is 2. The first-order chi connectivity index (χ1) is 15.7. The lowest BCUT2D eigenvalue weighted by Gasteiger charge is -2.46. The average Bonchev–Trinajstić information content (AvgIpc) is 2.78. The molecular formula is C25H29FN4O3. The van der Waals surface area contributed by atoms with Gasteiger partial charge in [0.25, 0.3) is 0 Å². The topological polar surface area (TPSA) is 81.8 Å². The van der Waals surface area contributed by atoms with E-state index in [0.29, 0.717) is 18.5 Å². The van der Waals surface area contributed by atoms with Gasteiger partial charge in [-0.2, -0.15) is 0 Å². The second-order valence-electron chi connectivity index (χ2n) is 8.92. The molecule has 2 unspecified atom stereocenters. The normalized spacial score (nSPS) is 20.6. The van der Waals surface area contributed by atoms with Gasteiger partial charge in [-0.3, -0.25) is 14.5 Å². The number of nitrogens with zero attached hydrogens (tertiary/aromatic N) is 2. The van der Waals surface area contributed by atoms with E-state index in [2.05, 4.69) is 10.6 Å². The highest BCUT2D eigenvalue weighted by atomic mass is 19.1. The Morgan fingerprint density at radius 3 is 2.45 bits per heavy atom. The van der Waals surface area contributed by atoms with Crippen molar-refractivity contribution in [3.05, 3.63) is 64.5 Å². The van der Waals surface area contributed by atoms with Crippen LogP contribution in [0, 0.1) is 26.6 Å². The summed E-state index contributed by atoms with van der Waals surface area (Å²) in [7, 11) is 0. The van der Waals surface area contributed by atoms with Gasteiger partial charge in [-0.1, -0.05) is 29.8 Å². The summed E-state index contributed by atoms with van der Waals surface area (Å²) in [6.45, 7) is 6.42. The minimum Gasteiger partial charge on any atom is -0.324 e. The summed E-state index contributed by atoms with van der Waals surface area (Å²) in [6.07, 6.45) is 1.46. The molecule has 2 fully saturated rings. The molecule has 2 aromatic rings. The maximum Gasteiger partial charge on any atom is 0.327 e. The minimum absolute atomic E-state index is 0.0249. The standard InChI is InChI=1S/C25H29FN4O3/c1-15-11-16(2)22(17(3)12-15)28-21(31)14-29-20-5-4-10-27-23(20)24(32)30(25(29)33)13-18-6-8-19(26)9-7-18/h6-9,11-12,20,23,27H,4-5,10,13-14H2,1-3H3,(H,28,31). The molecule has 0 aromatic heterocycles. The number of aryl methyl sites for hydroxylation is 3. The Morgan fingerprint density at radius 1 is 1.12 bits per heavy atom. The number of hydrogen-bond donors (Lipinski definition) is 2. The number of imide groups is 1. The van der Waals surface area contributed by atoms with E-state index < -0.39 is 12.1 Å². The zero-order valence-corrected chi connectivity index (χ0v) is 19.2. The number of nitrogens with one attached hydrogen (secondary N) is 2. The molecule has 0 spiro atoms. The maximum absolute atomic E-state index is 13.4. The number of carbonyl (C=O) groups excluding carboxylic acids is 3. The molecule has 2 atom stereocenters. The van der Waals surface area contributed by atoms with E-state index in [0.717, 1.165) is 33.7 Å². The summed E-state index contributed by atoms with van der Waals surface area (Å²) in [6, 6.07) is 8.26. The number of urea groups is 1. The predicted molar refractivity (Wildman–Crippen MR) is 123 cm³/mol. The van der Waals surface area contributed by atoms with Crippen molar-refractivity contribution in [3.8, 4) is 0 Å². The van der Waals surface area contributed by atoms with Gasteiger partial charge in [0.2, 0.25) is 11.8 Å². The van der Waals surface area contributed by atoms with Gasteiger partial charge < -0.3 is 15.5 Å². The van der Waals surface area contributed by atoms with Crippen LogP contribution >= 0.6 is 0 Å². The van der Waals surface area contributed by atoms with Gasteiger partial charge >= 0.3 is 6.03 Å². The van der Waals surface area contributed by atoms with Gasteiger partial charge in [-0.15, -0.1) is 0 Å². The number of fused-ring (bicyclic) bond motifs is 1. The molecule has 2 aromatic carbocycles. The molecule has 2 N–H and O–H groups in total. The van der Waals surface area contributed by atoms with Crippen molar-refractivity contribution in [1.82, 2.24) is 15.1 Å². The lowest BCUT2D eigenvalue weighted by atomic mass is 9.93. The molecule has 0 bridgehead atoms. The molecule has 8 heteroatoms. The third-order valence-electron chi connectivity index (χ3n) is 6.34. The van der Waals surface area contributed by atoms with Crippen molar-refractivity contribution in [2.24, 2.45) is 0 Å². The fourth-order valence-electron chi connectivity index (χ4n) is 4.83. The molecule has 0 aliphatic carbocycles. The Balaban J connectivity index is 1.56. The third kappa shape index (κ3) is 4.75. The Morgan fingerprint density at radius 2 is 1.79 bits per heavy atom. The Bertz CT molecular complexity index is 1060. The Hall–Kier alpha value is -3.26. The van der Waals surface area contributed by atoms with Gasteiger partial charge in [0.15, 0.2) is 0 Å². The minimum atomic E-state index is -0.562. The first-order valence-corrected chi connectivity index (χ1v) is 11.2. The molecule has 4 amide bonds. The van der Waals surface area contributed by atoms with E-state index in [4.69, 9.17) is 0 Å². The summed E-state index contributed by atoms with van der Waals surface area (Å²) >= 11 is 0. The van der Waals surface area contributed by atoms with Crippen LogP contribution in [0.2, 0.25) is 0 Å². The molecule has 2 aliphatic heterocycles. The molecule has 2 heterocycles. The van der Waals surface area contributed by atoms with Crippen LogP contribution in [0.1, 0.15) is 35.1 Å². The summed E-state index contributed by atoms with van der Waals surface area (Å²) in [5, 5.41) is 6.17. The number of halogens is 1. The van der Waals surface area contributed by atoms with Gasteiger partial charge in [0.1, 0.15) is 18.4 Å². The zero-order chi connectivity index (χ0) is 23.7. The largest absolute Gasteiger partial charge is 0.327 e. The smallest absolute Gasteiger partial charge is 0.324 e. The summed E-state index contributed by atoms with van der Waals surface area (Å²) in [5.41, 5.74) is 4.41. The van der Waals surface area contributed by atoms with E-state index >= 15 is 0 Å². The van der Waals surface area contributed by atoms with Crippen molar-refractivity contribution in [2.45, 2.75) is 52.2 Å². The molecule has 2 aliphatic rings. The predicted octanol–water partition coefficient (Wildman–Crippen LogP) is 3.27. The van der Waals surface area contributed by atoms with E-state index in [1.807, 2.05) is 32.9 Å². The molecule has 4 rings (SSSR count). The summed E-state index contributed by atoms with van der Waals surface area (Å²) < 4.78 is 13.3. The van der Waals surface area contributed by atoms with Crippen LogP contribution in [0.3, 0.4) is 0 Å². The highest BCUT2D eigenvalue weighted by Crippen LogP contribution is 2.27. The third-order valence-corrected chi connectivity index (χ3v) is 6.34. The fourth-order valence-corrected chi connectivity index (χ4v) is 4.83. The fraction of sp³-hybridized carbons (Fsp3) is 0.400. The maximum atomic E-state index is 13.4. The second kappa shape index (κ2) is 9.31. The molecule has 33 heavy (non-hydrogen) atoms. The van der Waals surface area contributed by atoms with E-state index in [1.165, 1.54) is 17.0 Å². The SMILES string of the molecule is Cc1cc(C)c(NC(=O)CN2C(=O)N(Cc3ccc(F)cc3)C(=O)C3NCCCC32)c(C)c1. The van der Waals surface area contributed by atoms with Gasteiger partial charge in [-0.05, 0) is 69.0 Å². The quantitative estimate of drug-likeness (QED) is 0.730. The highest BCUT2D eigenvalue weighted by Gasteiger charge is 2.47. The van der Waals surface area contributed by atoms with Crippen LogP contribution in [-0.2, 0) is 16.1 Å². The molecule has 2 saturated heterocycles. The lowest BCUT2D eigenvalue weighted by Crippen LogP contribution is -2.70. The number of anilines is 1. The molecule has 174 valence electrons. The van der Waals surface area contributed by atoms with E-state index in [9.17, 15) is 18.8 Å². The Kier molecular flexibility index (Phi) is 6.47. The van der Waals surface area contributed by atoms with Crippen molar-refractivity contribution in [1.29, 1.82) is 0 Å². The first kappa shape index (κ1) is 22.9. The van der Waals surface area contributed by atoms with Gasteiger partial charge in [-0.25, -0.2) is 9.18 Å². The molecular weight excluding hydrogens is 423 g/mol. The van der Waals surface area contributed by atoms with Crippen LogP contribution in [0.4, 0.5) is 14.9 Å². The van der Waals surface area contributed by atoms with Crippen LogP contribution in [0.25, 0.3) is 0 Å². The van der Waals surface area contributed by atoms with E-state index in [-0.39, 0.29) is 36.8 Å². The van der Waals surface area contributed by atoms with Crippen LogP contribution in [0.5, 0.6) is 0 Å². The molecule has 0 radical (unpaired) electrons. The summed E-state index contributed by atoms with van der Waals surface area (Å²) in [5.74, 6) is -1.00. The first-order valence-electron chi connectivity index (χ1n) is 11.2. The summed E-state index contributed by atoms with van der Waals surface area (Å²) in [4.78, 5) is 42.2. The van der Waals surface area contributed by atoms with Gasteiger partial charge in [0, 0.05) is 5.69 Å². The number of rotatable bonds is 5. The Labute approximate surface area is 192 Å². The van der Waals surface area contributed by atoms with Crippen molar-refractivity contribution < 1.29 is 18.8 Å². The monoisotopic (exact) mass is 452 g/mol. The lowest BCUT2D eigenvalue weighted by molar-refractivity contribution is -0.138. The van der Waals surface area contributed by atoms with Gasteiger partial charge in [0.05, 0.1) is 12.6 Å². The van der Waals surface area contributed by atoms with Crippen LogP contribution in [0.15, 0.2) is 36.4 Å². The van der Waals surface area contributed by atoms with Crippen LogP contribution in [-0.4, -0.2) is 52.8 Å². The second-order valence-corrected chi connectivity index (χ2v) is 8.92. The van der Waals surface area contributed by atoms with Crippen molar-refractivity contribution >= 4 is 23.5 Å². The number of hydrogen-bond acceptors (Lipinski definition) is 4. The zero-order valence-electron chi connectivity index (χ0n) is 19.2. The number of amides is 4. The highest BCUT2D eigenvalue weighted by molar-refractivity contribution is 6.03. The van der Waals surface area contributed by atoms with Crippen molar-refractivity contribution in [2.75, 3.05) is 18.4 Å². The average molecular weight is 453 g/mol. The van der Waals surface area contributed by atoms with Crippen molar-refractivity contribution in [3.63, 3.8) is 0 Å². The molecule has 0 saturated carbocycles. The molecule has 7 nitrogen and oxygen atoms in total. The number of carbonyl (C=O) groups is 3. The number of piperidine rings is 1.